The average molecular weight is 295 g/mol. The van der Waals surface area contributed by atoms with Crippen LogP contribution in [0.15, 0.2) is 18.2 Å². The fourth-order valence-corrected chi connectivity index (χ4v) is 2.36. The number of hydrogen-bond acceptors (Lipinski definition) is 4. The van der Waals surface area contributed by atoms with Gasteiger partial charge in [-0.25, -0.2) is 4.39 Å². The molecule has 116 valence electrons. The van der Waals surface area contributed by atoms with Crippen molar-refractivity contribution in [1.29, 1.82) is 0 Å². The van der Waals surface area contributed by atoms with Crippen LogP contribution >= 0.6 is 0 Å². The fourth-order valence-electron chi connectivity index (χ4n) is 2.36. The molecule has 1 aliphatic heterocycles. The molecule has 1 fully saturated rings. The Morgan fingerprint density at radius 3 is 2.71 bits per heavy atom. The number of benzene rings is 1. The SMILES string of the molecule is CN1CCN(CCCNC(=O)c2ccc(O)cc2F)CC1. The second-order valence-corrected chi connectivity index (χ2v) is 5.42. The van der Waals surface area contributed by atoms with E-state index in [0.29, 0.717) is 6.54 Å². The highest BCUT2D eigenvalue weighted by Gasteiger charge is 2.14. The number of hydrogen-bond donors (Lipinski definition) is 2. The van der Waals surface area contributed by atoms with Crippen molar-refractivity contribution in [2.45, 2.75) is 6.42 Å². The topological polar surface area (TPSA) is 55.8 Å². The summed E-state index contributed by atoms with van der Waals surface area (Å²) in [5.41, 5.74) is -0.0348. The van der Waals surface area contributed by atoms with Crippen molar-refractivity contribution in [1.82, 2.24) is 15.1 Å². The minimum absolute atomic E-state index is 0.0348. The number of phenols is 1. The van der Waals surface area contributed by atoms with E-state index in [1.165, 1.54) is 12.1 Å². The third kappa shape index (κ3) is 4.68. The first-order valence-corrected chi connectivity index (χ1v) is 7.24. The number of carbonyl (C=O) groups excluding carboxylic acids is 1. The Morgan fingerprint density at radius 1 is 1.33 bits per heavy atom. The van der Waals surface area contributed by atoms with Crippen molar-refractivity contribution in [2.75, 3.05) is 46.3 Å². The average Bonchev–Trinajstić information content (AvgIpc) is 2.45. The van der Waals surface area contributed by atoms with Crippen LogP contribution < -0.4 is 5.32 Å². The number of piperazine rings is 1. The first kappa shape index (κ1) is 15.7. The molecule has 0 saturated carbocycles. The molecule has 1 amide bonds. The summed E-state index contributed by atoms with van der Waals surface area (Å²) in [6, 6.07) is 3.54. The zero-order chi connectivity index (χ0) is 15.2. The van der Waals surface area contributed by atoms with Gasteiger partial charge in [0.15, 0.2) is 0 Å². The lowest BCUT2D eigenvalue weighted by Gasteiger charge is -2.32. The Morgan fingerprint density at radius 2 is 2.05 bits per heavy atom. The number of rotatable bonds is 5. The van der Waals surface area contributed by atoms with Gasteiger partial charge in [0.05, 0.1) is 5.56 Å². The summed E-state index contributed by atoms with van der Waals surface area (Å²) >= 11 is 0. The molecule has 2 rings (SSSR count). The van der Waals surface area contributed by atoms with Crippen molar-refractivity contribution in [3.8, 4) is 5.75 Å². The van der Waals surface area contributed by atoms with E-state index in [0.717, 1.165) is 45.2 Å². The molecule has 0 aromatic heterocycles. The van der Waals surface area contributed by atoms with Crippen LogP contribution in [-0.4, -0.2) is 67.1 Å². The van der Waals surface area contributed by atoms with Gasteiger partial charge in [-0.15, -0.1) is 0 Å². The minimum atomic E-state index is -0.702. The first-order chi connectivity index (χ1) is 10.1. The van der Waals surface area contributed by atoms with E-state index in [4.69, 9.17) is 5.11 Å². The van der Waals surface area contributed by atoms with Crippen molar-refractivity contribution < 1.29 is 14.3 Å². The number of nitrogens with zero attached hydrogens (tertiary/aromatic N) is 2. The van der Waals surface area contributed by atoms with E-state index in [1.54, 1.807) is 0 Å². The molecule has 0 radical (unpaired) electrons. The van der Waals surface area contributed by atoms with Crippen LogP contribution in [0.3, 0.4) is 0 Å². The molecule has 5 nitrogen and oxygen atoms in total. The lowest BCUT2D eigenvalue weighted by atomic mass is 10.2. The number of phenolic OH excluding ortho intramolecular Hbond substituents is 1. The maximum atomic E-state index is 13.5. The summed E-state index contributed by atoms with van der Waals surface area (Å²) in [6.07, 6.45) is 0.842. The zero-order valence-electron chi connectivity index (χ0n) is 12.3. The Kier molecular flexibility index (Phi) is 5.52. The summed E-state index contributed by atoms with van der Waals surface area (Å²) in [7, 11) is 2.11. The molecule has 2 N–H and O–H groups in total. The van der Waals surface area contributed by atoms with Gasteiger partial charge in [-0.3, -0.25) is 4.79 Å². The molecule has 6 heteroatoms. The van der Waals surface area contributed by atoms with E-state index >= 15 is 0 Å². The summed E-state index contributed by atoms with van der Waals surface area (Å²) in [5, 5.41) is 11.8. The van der Waals surface area contributed by atoms with Crippen LogP contribution in [0.25, 0.3) is 0 Å². The van der Waals surface area contributed by atoms with E-state index in [-0.39, 0.29) is 11.3 Å². The van der Waals surface area contributed by atoms with Gasteiger partial charge in [-0.05, 0) is 32.1 Å². The predicted molar refractivity (Wildman–Crippen MR) is 79.0 cm³/mol. The van der Waals surface area contributed by atoms with E-state index in [9.17, 15) is 9.18 Å². The number of amides is 1. The first-order valence-electron chi connectivity index (χ1n) is 7.24. The molecule has 0 bridgehead atoms. The van der Waals surface area contributed by atoms with E-state index < -0.39 is 11.7 Å². The second kappa shape index (κ2) is 7.38. The van der Waals surface area contributed by atoms with Crippen LogP contribution in [0.5, 0.6) is 5.75 Å². The number of halogens is 1. The molecule has 21 heavy (non-hydrogen) atoms. The Balaban J connectivity index is 1.69. The monoisotopic (exact) mass is 295 g/mol. The normalized spacial score (nSPS) is 16.9. The predicted octanol–water partition coefficient (Wildman–Crippen LogP) is 0.899. The van der Waals surface area contributed by atoms with Gasteiger partial charge in [0.2, 0.25) is 0 Å². The molecule has 1 saturated heterocycles. The molecular formula is C15H22FN3O2. The maximum absolute atomic E-state index is 13.5. The Hall–Kier alpha value is -1.66. The van der Waals surface area contributed by atoms with Crippen molar-refractivity contribution in [2.24, 2.45) is 0 Å². The summed E-state index contributed by atoms with van der Waals surface area (Å²) in [5.74, 6) is -1.32. The number of nitrogens with one attached hydrogen (secondary N) is 1. The Bertz CT molecular complexity index is 488. The highest BCUT2D eigenvalue weighted by atomic mass is 19.1. The second-order valence-electron chi connectivity index (χ2n) is 5.42. The van der Waals surface area contributed by atoms with Crippen LogP contribution in [0, 0.1) is 5.82 Å². The van der Waals surface area contributed by atoms with Crippen LogP contribution in [0.1, 0.15) is 16.8 Å². The fraction of sp³-hybridized carbons (Fsp3) is 0.533. The molecule has 0 aliphatic carbocycles. The third-order valence-corrected chi connectivity index (χ3v) is 3.73. The lowest BCUT2D eigenvalue weighted by molar-refractivity contribution is 0.0945. The maximum Gasteiger partial charge on any atom is 0.254 e. The smallest absolute Gasteiger partial charge is 0.254 e. The molecule has 0 atom stereocenters. The summed E-state index contributed by atoms with van der Waals surface area (Å²) in [4.78, 5) is 16.5. The van der Waals surface area contributed by atoms with Crippen LogP contribution in [0.4, 0.5) is 4.39 Å². The lowest BCUT2D eigenvalue weighted by Crippen LogP contribution is -2.45. The molecule has 1 aliphatic rings. The molecule has 0 spiro atoms. The Labute approximate surface area is 124 Å². The highest BCUT2D eigenvalue weighted by Crippen LogP contribution is 2.14. The zero-order valence-corrected chi connectivity index (χ0v) is 12.3. The molecule has 1 aromatic carbocycles. The summed E-state index contributed by atoms with van der Waals surface area (Å²) in [6.45, 7) is 5.71. The molecule has 0 unspecified atom stereocenters. The van der Waals surface area contributed by atoms with Gasteiger partial charge >= 0.3 is 0 Å². The van der Waals surface area contributed by atoms with Gasteiger partial charge < -0.3 is 20.2 Å². The minimum Gasteiger partial charge on any atom is -0.508 e. The molecule has 1 aromatic rings. The molecular weight excluding hydrogens is 273 g/mol. The summed E-state index contributed by atoms with van der Waals surface area (Å²) < 4.78 is 13.5. The molecule has 1 heterocycles. The number of likely N-dealkylation sites (N-methyl/N-ethyl adjacent to an activating group) is 1. The van der Waals surface area contributed by atoms with Gasteiger partial charge in [0.1, 0.15) is 11.6 Å². The third-order valence-electron chi connectivity index (χ3n) is 3.73. The quantitative estimate of drug-likeness (QED) is 0.793. The van der Waals surface area contributed by atoms with Gasteiger partial charge in [0.25, 0.3) is 5.91 Å². The van der Waals surface area contributed by atoms with Crippen molar-refractivity contribution in [3.05, 3.63) is 29.6 Å². The highest BCUT2D eigenvalue weighted by molar-refractivity contribution is 5.94. The van der Waals surface area contributed by atoms with Crippen molar-refractivity contribution >= 4 is 5.91 Å². The van der Waals surface area contributed by atoms with Crippen molar-refractivity contribution in [3.63, 3.8) is 0 Å². The standard InChI is InChI=1S/C15H22FN3O2/c1-18-7-9-19(10-8-18)6-2-5-17-15(21)13-4-3-12(20)11-14(13)16/h3-4,11,20H,2,5-10H2,1H3,(H,17,21). The van der Waals surface area contributed by atoms with Gasteiger partial charge in [0, 0.05) is 38.8 Å². The number of aromatic hydroxyl groups is 1. The van der Waals surface area contributed by atoms with Crippen LogP contribution in [0.2, 0.25) is 0 Å². The van der Waals surface area contributed by atoms with E-state index in [2.05, 4.69) is 22.2 Å². The number of carbonyl (C=O) groups is 1. The van der Waals surface area contributed by atoms with Crippen LogP contribution in [-0.2, 0) is 0 Å². The van der Waals surface area contributed by atoms with E-state index in [1.807, 2.05) is 0 Å². The largest absolute Gasteiger partial charge is 0.508 e. The van der Waals surface area contributed by atoms with Gasteiger partial charge in [-0.1, -0.05) is 0 Å². The van der Waals surface area contributed by atoms with Gasteiger partial charge in [-0.2, -0.15) is 0 Å².